The molecule has 0 saturated carbocycles. The van der Waals surface area contributed by atoms with Crippen molar-refractivity contribution >= 4 is 40.7 Å². The van der Waals surface area contributed by atoms with Gasteiger partial charge >= 0.3 is 0 Å². The van der Waals surface area contributed by atoms with Crippen molar-refractivity contribution in [3.63, 3.8) is 0 Å². The first kappa shape index (κ1) is 18.5. The van der Waals surface area contributed by atoms with Crippen LogP contribution in [-0.2, 0) is 16.1 Å². The third-order valence-electron chi connectivity index (χ3n) is 4.34. The van der Waals surface area contributed by atoms with Crippen molar-refractivity contribution in [1.82, 2.24) is 5.32 Å². The summed E-state index contributed by atoms with van der Waals surface area (Å²) in [6.07, 6.45) is 0.175. The second-order valence-corrected chi connectivity index (χ2v) is 6.88. The largest absolute Gasteiger partial charge is 0.497 e. The molecule has 1 aliphatic heterocycles. The van der Waals surface area contributed by atoms with Gasteiger partial charge in [-0.05, 0) is 35.9 Å². The maximum Gasteiger partial charge on any atom is 0.227 e. The van der Waals surface area contributed by atoms with Crippen LogP contribution in [0.5, 0.6) is 5.75 Å². The van der Waals surface area contributed by atoms with E-state index in [1.165, 1.54) is 0 Å². The third kappa shape index (κ3) is 4.11. The van der Waals surface area contributed by atoms with E-state index in [0.29, 0.717) is 28.8 Å². The van der Waals surface area contributed by atoms with Crippen molar-refractivity contribution in [2.75, 3.05) is 18.6 Å². The number of hydrogen-bond acceptors (Lipinski definition) is 3. The number of ether oxygens (including phenoxy) is 1. The number of rotatable bonds is 5. The molecule has 1 N–H and O–H groups in total. The fraction of sp³-hybridized carbons (Fsp3) is 0.263. The summed E-state index contributed by atoms with van der Waals surface area (Å²) in [5.41, 5.74) is 1.61. The van der Waals surface area contributed by atoms with Crippen molar-refractivity contribution in [3.05, 3.63) is 58.1 Å². The van der Waals surface area contributed by atoms with Crippen LogP contribution in [0.4, 0.5) is 5.69 Å². The molecule has 0 aromatic heterocycles. The molecule has 7 heteroatoms. The summed E-state index contributed by atoms with van der Waals surface area (Å²) in [4.78, 5) is 26.3. The van der Waals surface area contributed by atoms with Crippen LogP contribution >= 0.6 is 23.2 Å². The summed E-state index contributed by atoms with van der Waals surface area (Å²) in [5.74, 6) is 0.124. The molecule has 1 fully saturated rings. The first-order valence-corrected chi connectivity index (χ1v) is 8.89. The highest BCUT2D eigenvalue weighted by molar-refractivity contribution is 6.42. The Bertz CT molecular complexity index is 824. The summed E-state index contributed by atoms with van der Waals surface area (Å²) in [6.45, 7) is 0.728. The zero-order chi connectivity index (χ0) is 18.7. The Balaban J connectivity index is 1.60. The van der Waals surface area contributed by atoms with Gasteiger partial charge < -0.3 is 15.0 Å². The molecule has 2 aromatic rings. The zero-order valence-electron chi connectivity index (χ0n) is 14.2. The smallest absolute Gasteiger partial charge is 0.227 e. The number of methoxy groups -OCH3 is 1. The van der Waals surface area contributed by atoms with Crippen molar-refractivity contribution in [2.24, 2.45) is 5.92 Å². The van der Waals surface area contributed by atoms with Gasteiger partial charge in [0.25, 0.3) is 0 Å². The summed E-state index contributed by atoms with van der Waals surface area (Å²) in [7, 11) is 1.60. The molecule has 1 atom stereocenters. The standard InChI is InChI=1S/C19H18Cl2N2O3/c1-26-15-5-2-12(3-6-15)10-22-19(25)13-8-18(24)23(11-13)14-4-7-16(20)17(21)9-14/h2-7,9,13H,8,10-11H2,1H3,(H,22,25). The van der Waals surface area contributed by atoms with Crippen molar-refractivity contribution in [2.45, 2.75) is 13.0 Å². The predicted octanol–water partition coefficient (Wildman–Crippen LogP) is 3.67. The minimum absolute atomic E-state index is 0.104. The number of nitrogens with one attached hydrogen (secondary N) is 1. The van der Waals surface area contributed by atoms with Gasteiger partial charge in [0.2, 0.25) is 11.8 Å². The van der Waals surface area contributed by atoms with E-state index in [2.05, 4.69) is 5.32 Å². The molecule has 2 aromatic carbocycles. The topological polar surface area (TPSA) is 58.6 Å². The number of benzene rings is 2. The average molecular weight is 393 g/mol. The third-order valence-corrected chi connectivity index (χ3v) is 5.08. The SMILES string of the molecule is COc1ccc(CNC(=O)C2CC(=O)N(c3ccc(Cl)c(Cl)c3)C2)cc1. The lowest BCUT2D eigenvalue weighted by molar-refractivity contribution is -0.126. The van der Waals surface area contributed by atoms with Gasteiger partial charge in [0, 0.05) is 25.2 Å². The fourth-order valence-electron chi connectivity index (χ4n) is 2.86. The van der Waals surface area contributed by atoms with Crippen LogP contribution in [0.15, 0.2) is 42.5 Å². The summed E-state index contributed by atoms with van der Waals surface area (Å²) in [5, 5.41) is 3.69. The Kier molecular flexibility index (Phi) is 5.69. The normalized spacial score (nSPS) is 16.7. The van der Waals surface area contributed by atoms with Crippen LogP contribution in [0.2, 0.25) is 10.0 Å². The van der Waals surface area contributed by atoms with Crippen LogP contribution in [0, 0.1) is 5.92 Å². The van der Waals surface area contributed by atoms with Gasteiger partial charge in [-0.3, -0.25) is 9.59 Å². The number of nitrogens with zero attached hydrogens (tertiary/aromatic N) is 1. The van der Waals surface area contributed by atoms with E-state index in [9.17, 15) is 9.59 Å². The number of carbonyl (C=O) groups excluding carboxylic acids is 2. The number of anilines is 1. The van der Waals surface area contributed by atoms with Crippen molar-refractivity contribution in [3.8, 4) is 5.75 Å². The van der Waals surface area contributed by atoms with Gasteiger partial charge in [0.1, 0.15) is 5.75 Å². The molecule has 1 unspecified atom stereocenters. The Morgan fingerprint density at radius 2 is 1.92 bits per heavy atom. The molecule has 0 bridgehead atoms. The monoisotopic (exact) mass is 392 g/mol. The van der Waals surface area contributed by atoms with E-state index in [-0.39, 0.29) is 18.2 Å². The minimum atomic E-state index is -0.393. The first-order chi connectivity index (χ1) is 12.5. The fourth-order valence-corrected chi connectivity index (χ4v) is 3.15. The van der Waals surface area contributed by atoms with Gasteiger partial charge in [-0.2, -0.15) is 0 Å². The van der Waals surface area contributed by atoms with Gasteiger partial charge in [0.05, 0.1) is 23.1 Å². The maximum absolute atomic E-state index is 12.4. The molecule has 1 aliphatic rings. The molecular weight excluding hydrogens is 375 g/mol. The van der Waals surface area contributed by atoms with Gasteiger partial charge in [0.15, 0.2) is 0 Å². The van der Waals surface area contributed by atoms with Crippen LogP contribution < -0.4 is 15.0 Å². The minimum Gasteiger partial charge on any atom is -0.497 e. The number of carbonyl (C=O) groups is 2. The Morgan fingerprint density at radius 1 is 1.19 bits per heavy atom. The van der Waals surface area contributed by atoms with Crippen molar-refractivity contribution in [1.29, 1.82) is 0 Å². The van der Waals surface area contributed by atoms with Gasteiger partial charge in [-0.15, -0.1) is 0 Å². The van der Waals surface area contributed by atoms with E-state index >= 15 is 0 Å². The quantitative estimate of drug-likeness (QED) is 0.844. The van der Waals surface area contributed by atoms with Gasteiger partial charge in [-0.1, -0.05) is 35.3 Å². The zero-order valence-corrected chi connectivity index (χ0v) is 15.7. The number of amides is 2. The molecule has 5 nitrogen and oxygen atoms in total. The lowest BCUT2D eigenvalue weighted by Gasteiger charge is -2.17. The van der Waals surface area contributed by atoms with Crippen LogP contribution in [0.1, 0.15) is 12.0 Å². The summed E-state index contributed by atoms with van der Waals surface area (Å²) < 4.78 is 5.11. The molecule has 0 radical (unpaired) electrons. The number of halogens is 2. The number of hydrogen-bond donors (Lipinski definition) is 1. The van der Waals surface area contributed by atoms with E-state index in [4.69, 9.17) is 27.9 Å². The molecule has 0 spiro atoms. The molecule has 0 aliphatic carbocycles. The summed E-state index contributed by atoms with van der Waals surface area (Å²) >= 11 is 11.9. The van der Waals surface area contributed by atoms with E-state index in [1.807, 2.05) is 24.3 Å². The highest BCUT2D eigenvalue weighted by atomic mass is 35.5. The lowest BCUT2D eigenvalue weighted by Crippen LogP contribution is -2.32. The highest BCUT2D eigenvalue weighted by Gasteiger charge is 2.35. The Labute approximate surface area is 161 Å². The van der Waals surface area contributed by atoms with Crippen LogP contribution in [-0.4, -0.2) is 25.5 Å². The van der Waals surface area contributed by atoms with E-state index in [0.717, 1.165) is 11.3 Å². The van der Waals surface area contributed by atoms with Gasteiger partial charge in [-0.25, -0.2) is 0 Å². The molecule has 26 heavy (non-hydrogen) atoms. The van der Waals surface area contributed by atoms with Crippen LogP contribution in [0.25, 0.3) is 0 Å². The Hall–Kier alpha value is -2.24. The Morgan fingerprint density at radius 3 is 2.58 bits per heavy atom. The highest BCUT2D eigenvalue weighted by Crippen LogP contribution is 2.31. The lowest BCUT2D eigenvalue weighted by atomic mass is 10.1. The predicted molar refractivity (Wildman–Crippen MR) is 102 cm³/mol. The van der Waals surface area contributed by atoms with E-state index in [1.54, 1.807) is 30.2 Å². The molecule has 3 rings (SSSR count). The molecule has 2 amide bonds. The molecular formula is C19H18Cl2N2O3. The first-order valence-electron chi connectivity index (χ1n) is 8.14. The maximum atomic E-state index is 12.4. The van der Waals surface area contributed by atoms with Crippen LogP contribution in [0.3, 0.4) is 0 Å². The average Bonchev–Trinajstić information content (AvgIpc) is 3.04. The second-order valence-electron chi connectivity index (χ2n) is 6.07. The summed E-state index contributed by atoms with van der Waals surface area (Å²) in [6, 6.07) is 12.5. The molecule has 1 saturated heterocycles. The molecule has 136 valence electrons. The van der Waals surface area contributed by atoms with Crippen molar-refractivity contribution < 1.29 is 14.3 Å². The molecule has 1 heterocycles. The van der Waals surface area contributed by atoms with E-state index < -0.39 is 5.92 Å². The second kappa shape index (κ2) is 7.98.